The number of nitrogens with one attached hydrogen (secondary N) is 2. The molecule has 0 unspecified atom stereocenters. The molecule has 0 fully saturated rings. The van der Waals surface area contributed by atoms with Gasteiger partial charge in [0.25, 0.3) is 0 Å². The van der Waals surface area contributed by atoms with E-state index in [0.717, 1.165) is 39.1 Å². The third-order valence-corrected chi connectivity index (χ3v) is 9.00. The van der Waals surface area contributed by atoms with Crippen molar-refractivity contribution in [3.05, 3.63) is 114 Å². The van der Waals surface area contributed by atoms with Gasteiger partial charge in [0.1, 0.15) is 0 Å². The van der Waals surface area contributed by atoms with Crippen molar-refractivity contribution in [2.24, 2.45) is 5.92 Å². The Morgan fingerprint density at radius 1 is 0.976 bits per heavy atom. The van der Waals surface area contributed by atoms with Crippen LogP contribution >= 0.6 is 11.6 Å². The van der Waals surface area contributed by atoms with Crippen LogP contribution in [0.1, 0.15) is 45.7 Å². The van der Waals surface area contributed by atoms with E-state index in [9.17, 15) is 9.59 Å². The van der Waals surface area contributed by atoms with E-state index >= 15 is 0 Å². The Morgan fingerprint density at radius 3 is 2.46 bits per heavy atom. The number of carbonyl (C=O) groups excluding carboxylic acids is 2. The summed E-state index contributed by atoms with van der Waals surface area (Å²) in [5.74, 6) is 1.59. The Labute approximate surface area is 255 Å². The van der Waals surface area contributed by atoms with Crippen LogP contribution in [0.15, 0.2) is 86.4 Å². The molecule has 0 saturated carbocycles. The summed E-state index contributed by atoms with van der Waals surface area (Å²) >= 11 is 6.27. The van der Waals surface area contributed by atoms with Crippen molar-refractivity contribution in [2.75, 3.05) is 11.9 Å². The van der Waals surface area contributed by atoms with E-state index in [4.69, 9.17) is 21.3 Å². The van der Waals surface area contributed by atoms with Crippen LogP contribution in [-0.4, -0.2) is 23.3 Å². The molecule has 1 aromatic heterocycles. The number of fused-ring (bicyclic) bond motifs is 1. The number of benzene rings is 3. The first kappa shape index (κ1) is 28.8. The molecule has 0 saturated heterocycles. The number of aryl methyl sites for hydroxylation is 2. The zero-order valence-electron chi connectivity index (χ0n) is 23.2. The normalized spacial score (nSPS) is 13.1. The van der Waals surface area contributed by atoms with Crippen LogP contribution in [0.2, 0.25) is 5.02 Å². The van der Waals surface area contributed by atoms with Crippen LogP contribution in [0.4, 0.5) is 5.69 Å². The molecule has 2 N–H and O–H groups in total. The van der Waals surface area contributed by atoms with Crippen LogP contribution in [-0.2, 0) is 4.74 Å². The molecule has 2 heterocycles. The number of hydrogen-bond donors (Lipinski definition) is 2. The summed E-state index contributed by atoms with van der Waals surface area (Å²) in [5.41, 5.74) is 5.73. The quantitative estimate of drug-likeness (QED) is 0.280. The Hall–Kier alpha value is -3.69. The third-order valence-electron chi connectivity index (χ3n) is 6.64. The van der Waals surface area contributed by atoms with Gasteiger partial charge in [0, 0.05) is 16.0 Å². The van der Waals surface area contributed by atoms with Crippen LogP contribution in [0.25, 0.3) is 22.2 Å². The van der Waals surface area contributed by atoms with Gasteiger partial charge in [-0.15, -0.1) is 0 Å². The molecule has 0 bridgehead atoms. The second-order valence-corrected chi connectivity index (χ2v) is 12.6. The predicted molar refractivity (Wildman–Crippen MR) is 160 cm³/mol. The number of nitrogens with zero attached hydrogens (tertiary/aromatic N) is 1. The Bertz CT molecular complexity index is 1710. The molecule has 6 nitrogen and oxygen atoms in total. The van der Waals surface area contributed by atoms with Gasteiger partial charge < -0.3 is 0 Å². The van der Waals surface area contributed by atoms with Crippen LogP contribution in [0.3, 0.4) is 0 Å². The van der Waals surface area contributed by atoms with Crippen molar-refractivity contribution in [3.63, 3.8) is 0 Å². The maximum atomic E-state index is 13.6. The molecule has 3 aromatic carbocycles. The van der Waals surface area contributed by atoms with E-state index in [1.165, 1.54) is 0 Å². The number of anilines is 1. The van der Waals surface area contributed by atoms with Crippen molar-refractivity contribution in [2.45, 2.75) is 27.7 Å². The summed E-state index contributed by atoms with van der Waals surface area (Å²) in [6.45, 7) is 8.51. The summed E-state index contributed by atoms with van der Waals surface area (Å²) in [6, 6.07) is 20.1. The topological polar surface area (TPSA) is 80.3 Å². The molecule has 0 atom stereocenters. The molecule has 8 heteroatoms. The number of allylic oxidation sites excluding steroid dienone is 1. The van der Waals surface area contributed by atoms with E-state index in [1.807, 2.05) is 44.2 Å². The van der Waals surface area contributed by atoms with Gasteiger partial charge in [0.15, 0.2) is 0 Å². The molecule has 2 amide bonds. The minimum atomic E-state index is -0.272. The third kappa shape index (κ3) is 6.63. The summed E-state index contributed by atoms with van der Waals surface area (Å²) in [7, 11) is 0. The van der Waals surface area contributed by atoms with E-state index in [-0.39, 0.29) is 33.0 Å². The summed E-state index contributed by atoms with van der Waals surface area (Å²) < 4.78 is 10.1. The number of carbonyl (C=O) groups is 2. The summed E-state index contributed by atoms with van der Waals surface area (Å²) in [6.07, 6.45) is 0. The van der Waals surface area contributed by atoms with Crippen LogP contribution < -0.4 is 31.8 Å². The smallest absolute Gasteiger partial charge is 0.0135 e. The van der Waals surface area contributed by atoms with Crippen molar-refractivity contribution >= 4 is 40.0 Å². The van der Waals surface area contributed by atoms with Gasteiger partial charge in [-0.3, -0.25) is 0 Å². The fourth-order valence-electron chi connectivity index (χ4n) is 4.53. The van der Waals surface area contributed by atoms with Crippen molar-refractivity contribution in [3.8, 4) is 11.3 Å². The summed E-state index contributed by atoms with van der Waals surface area (Å²) in [4.78, 5) is 31.2. The van der Waals surface area contributed by atoms with Gasteiger partial charge >= 0.3 is 145 Å². The number of pyridine rings is 1. The molecule has 1 aliphatic rings. The fraction of sp³-hybridized carbons (Fsp3) is 0.182. The van der Waals surface area contributed by atoms with Gasteiger partial charge in [-0.05, 0) is 37.6 Å². The second-order valence-electron chi connectivity index (χ2n) is 10.2. The molecule has 0 spiro atoms. The largest absolute Gasteiger partial charge is 0.0490 e. The Balaban J connectivity index is 1.34. The molecule has 4 aromatic rings. The number of rotatable bonds is 7. The number of ether oxygens (including phenoxy) is 1. The monoisotopic (exact) mass is 678 g/mol. The van der Waals surface area contributed by atoms with Gasteiger partial charge in [-0.25, -0.2) is 4.98 Å². The average Bonchev–Trinajstić information content (AvgIpc) is 2.96. The number of hydrogen-bond acceptors (Lipinski definition) is 4. The Morgan fingerprint density at radius 2 is 1.73 bits per heavy atom. The zero-order valence-corrected chi connectivity index (χ0v) is 26.1. The van der Waals surface area contributed by atoms with Crippen LogP contribution in [0.5, 0.6) is 0 Å². The first-order chi connectivity index (χ1) is 19.7. The molecule has 210 valence electrons. The molecule has 5 rings (SSSR count). The standard InChI is InChI=1S/C33H30ClIN3O3/c1-19(2)30-17-35-16-24(41-30)18-36-32(39)22-9-11-23(12-10-22)37-33(40)27-15-29(25-7-5-6-8-28(25)34)38-31-21(4)13-20(3)14-26(27)31/h5-17,19H,18H2,1-4H3,(H,36,39)(H,37,40)/q-1. The maximum absolute atomic E-state index is 13.6. The minimum absolute atomic E-state index is 0.204. The zero-order chi connectivity index (χ0) is 29.1. The predicted octanol–water partition coefficient (Wildman–Crippen LogP) is 4.61. The van der Waals surface area contributed by atoms with Crippen molar-refractivity contribution in [1.29, 1.82) is 0 Å². The minimum Gasteiger partial charge on any atom is -0.0490 e. The molecular weight excluding hydrogens is 649 g/mol. The SMILES string of the molecule is Cc1cc(C)c2nc(-c3ccccc3Cl)cc(C(=O)Nc3ccc(C(=O)NCC4=C[I-]C=C(C(C)C)O4)cc3)c2c1. The molecule has 0 radical (unpaired) electrons. The van der Waals surface area contributed by atoms with E-state index in [2.05, 4.69) is 38.7 Å². The molecule has 0 aliphatic carbocycles. The first-order valence-electron chi connectivity index (χ1n) is 13.2. The maximum Gasteiger partial charge on any atom is 0.0135 e. The first-order valence-corrected chi connectivity index (χ1v) is 16.1. The molecular formula is C33H30ClIN3O3-. The Kier molecular flexibility index (Phi) is 8.75. The number of amides is 2. The molecule has 41 heavy (non-hydrogen) atoms. The second kappa shape index (κ2) is 12.4. The fourth-order valence-corrected chi connectivity index (χ4v) is 6.89. The van der Waals surface area contributed by atoms with Gasteiger partial charge in [-0.2, -0.15) is 0 Å². The van der Waals surface area contributed by atoms with Crippen LogP contribution in [0, 0.1) is 19.8 Å². The number of halogens is 2. The molecule has 1 aliphatic heterocycles. The number of aromatic nitrogens is 1. The van der Waals surface area contributed by atoms with E-state index in [1.54, 1.807) is 30.3 Å². The van der Waals surface area contributed by atoms with E-state index in [0.29, 0.717) is 40.0 Å². The van der Waals surface area contributed by atoms with Gasteiger partial charge in [0.05, 0.1) is 11.2 Å². The van der Waals surface area contributed by atoms with Crippen molar-refractivity contribution < 1.29 is 35.5 Å². The van der Waals surface area contributed by atoms with Gasteiger partial charge in [-0.1, -0.05) is 41.4 Å². The van der Waals surface area contributed by atoms with Gasteiger partial charge in [0.2, 0.25) is 0 Å². The summed E-state index contributed by atoms with van der Waals surface area (Å²) in [5, 5.41) is 7.24. The van der Waals surface area contributed by atoms with Crippen molar-refractivity contribution in [1.82, 2.24) is 10.3 Å². The van der Waals surface area contributed by atoms with E-state index < -0.39 is 0 Å². The average molecular weight is 679 g/mol.